The molecule has 0 saturated heterocycles. The van der Waals surface area contributed by atoms with E-state index in [0.29, 0.717) is 20.9 Å². The third-order valence-corrected chi connectivity index (χ3v) is 4.45. The summed E-state index contributed by atoms with van der Waals surface area (Å²) in [7, 11) is 0. The van der Waals surface area contributed by atoms with Crippen molar-refractivity contribution in [3.05, 3.63) is 49.0 Å². The average molecular weight is 387 g/mol. The third-order valence-electron chi connectivity index (χ3n) is 2.09. The summed E-state index contributed by atoms with van der Waals surface area (Å²) in [6, 6.07) is 6.93. The molecule has 7 heteroatoms. The molecule has 0 aliphatic carbocycles. The Bertz CT molecular complexity index is 604. The summed E-state index contributed by atoms with van der Waals surface area (Å²) in [6.45, 7) is 0. The van der Waals surface area contributed by atoms with Gasteiger partial charge in [-0.3, -0.25) is 0 Å². The Balaban J connectivity index is 2.40. The third kappa shape index (κ3) is 3.03. The second kappa shape index (κ2) is 5.85. The Morgan fingerprint density at radius 3 is 2.44 bits per heavy atom. The van der Waals surface area contributed by atoms with Crippen molar-refractivity contribution >= 4 is 73.8 Å². The monoisotopic (exact) mass is 384 g/mol. The van der Waals surface area contributed by atoms with Crippen LogP contribution in [0.25, 0.3) is 0 Å². The number of halogens is 5. The van der Waals surface area contributed by atoms with Crippen LogP contribution in [0.15, 0.2) is 28.7 Å². The second-order valence-electron chi connectivity index (χ2n) is 3.32. The van der Waals surface area contributed by atoms with Crippen molar-refractivity contribution in [1.82, 2.24) is 4.98 Å². The highest BCUT2D eigenvalue weighted by atomic mass is 79.9. The number of nitrogens with zero attached hydrogens (tertiary/aromatic N) is 1. The Morgan fingerprint density at radius 1 is 1.00 bits per heavy atom. The van der Waals surface area contributed by atoms with Gasteiger partial charge in [0.25, 0.3) is 0 Å². The Morgan fingerprint density at radius 2 is 1.72 bits per heavy atom. The molecular weight excluding hydrogens is 382 g/mol. The summed E-state index contributed by atoms with van der Waals surface area (Å²) in [5.74, 6) is 0.411. The normalized spacial score (nSPS) is 10.5. The van der Waals surface area contributed by atoms with Crippen LogP contribution in [0.5, 0.6) is 0 Å². The Labute approximate surface area is 132 Å². The molecule has 1 heterocycles. The van der Waals surface area contributed by atoms with E-state index in [-0.39, 0.29) is 5.15 Å². The molecule has 0 aliphatic heterocycles. The lowest BCUT2D eigenvalue weighted by Gasteiger charge is -2.11. The highest BCUT2D eigenvalue weighted by molar-refractivity contribution is 9.10. The van der Waals surface area contributed by atoms with Crippen molar-refractivity contribution in [2.24, 2.45) is 0 Å². The van der Waals surface area contributed by atoms with Gasteiger partial charge < -0.3 is 5.32 Å². The molecule has 0 radical (unpaired) electrons. The molecule has 1 aromatic heterocycles. The number of hydrogen-bond acceptors (Lipinski definition) is 2. The van der Waals surface area contributed by atoms with E-state index in [1.807, 2.05) is 6.07 Å². The average Bonchev–Trinajstić information content (AvgIpc) is 2.32. The molecule has 18 heavy (non-hydrogen) atoms. The van der Waals surface area contributed by atoms with E-state index < -0.39 is 0 Å². The largest absolute Gasteiger partial charge is 0.338 e. The minimum Gasteiger partial charge on any atom is -0.338 e. The van der Waals surface area contributed by atoms with E-state index in [0.717, 1.165) is 10.2 Å². The van der Waals surface area contributed by atoms with Gasteiger partial charge >= 0.3 is 0 Å². The van der Waals surface area contributed by atoms with Gasteiger partial charge in [-0.25, -0.2) is 4.98 Å². The van der Waals surface area contributed by atoms with Crippen LogP contribution in [0.3, 0.4) is 0 Å². The fourth-order valence-corrected chi connectivity index (χ4v) is 2.34. The number of pyridine rings is 1. The molecule has 0 spiro atoms. The molecule has 0 amide bonds. The molecule has 2 nitrogen and oxygen atoms in total. The van der Waals surface area contributed by atoms with Gasteiger partial charge in [0.15, 0.2) is 5.82 Å². The van der Waals surface area contributed by atoms with E-state index in [9.17, 15) is 0 Å². The smallest absolute Gasteiger partial charge is 0.151 e. The van der Waals surface area contributed by atoms with E-state index in [1.54, 1.807) is 12.1 Å². The topological polar surface area (TPSA) is 24.9 Å². The fourth-order valence-electron chi connectivity index (χ4n) is 1.26. The molecule has 0 unspecified atom stereocenters. The van der Waals surface area contributed by atoms with Gasteiger partial charge in [-0.15, -0.1) is 0 Å². The first-order valence-electron chi connectivity index (χ1n) is 4.71. The van der Waals surface area contributed by atoms with Gasteiger partial charge in [0.1, 0.15) is 5.15 Å². The van der Waals surface area contributed by atoms with Crippen LogP contribution >= 0.6 is 62.3 Å². The number of nitrogens with one attached hydrogen (secondary N) is 1. The predicted octanol–water partition coefficient (Wildman–Crippen LogP) is 6.20. The fraction of sp³-hybridized carbons (Fsp3) is 0. The molecule has 0 saturated carbocycles. The van der Waals surface area contributed by atoms with Crippen molar-refractivity contribution < 1.29 is 0 Å². The molecule has 2 rings (SSSR count). The zero-order chi connectivity index (χ0) is 13.3. The molecule has 2 aromatic rings. The van der Waals surface area contributed by atoms with E-state index in [2.05, 4.69) is 26.2 Å². The van der Waals surface area contributed by atoms with E-state index in [4.69, 9.17) is 46.4 Å². The molecule has 0 fully saturated rings. The highest BCUT2D eigenvalue weighted by Gasteiger charge is 2.10. The van der Waals surface area contributed by atoms with Gasteiger partial charge in [0.05, 0.1) is 25.2 Å². The van der Waals surface area contributed by atoms with Crippen molar-refractivity contribution in [3.63, 3.8) is 0 Å². The maximum atomic E-state index is 6.03. The van der Waals surface area contributed by atoms with Gasteiger partial charge in [-0.05, 0) is 34.1 Å². The van der Waals surface area contributed by atoms with Crippen LogP contribution in [0, 0.1) is 0 Å². The first-order valence-corrected chi connectivity index (χ1v) is 7.02. The summed E-state index contributed by atoms with van der Waals surface area (Å²) in [4.78, 5) is 4.06. The highest BCUT2D eigenvalue weighted by Crippen LogP contribution is 2.35. The quantitative estimate of drug-likeness (QED) is 0.621. The standard InChI is InChI=1S/C11H5BrCl4N2/c12-9-5(13)2-1-3-8(9)17-11-7(15)4-6(14)10(16)18-11/h1-4H,(H,17,18). The van der Waals surface area contributed by atoms with Crippen molar-refractivity contribution in [1.29, 1.82) is 0 Å². The number of benzene rings is 1. The molecule has 94 valence electrons. The van der Waals surface area contributed by atoms with Crippen LogP contribution in [-0.2, 0) is 0 Å². The zero-order valence-corrected chi connectivity index (χ0v) is 13.3. The summed E-state index contributed by atoms with van der Waals surface area (Å²) in [5.41, 5.74) is 0.732. The first-order chi connectivity index (χ1) is 8.49. The SMILES string of the molecule is Clc1cc(Cl)c(Nc2cccc(Cl)c2Br)nc1Cl. The van der Waals surface area contributed by atoms with Crippen LogP contribution in [0.4, 0.5) is 11.5 Å². The van der Waals surface area contributed by atoms with Crippen LogP contribution in [0.2, 0.25) is 20.2 Å². The zero-order valence-electron chi connectivity index (χ0n) is 8.65. The summed E-state index contributed by atoms with van der Waals surface area (Å²) in [6.07, 6.45) is 0. The van der Waals surface area contributed by atoms with E-state index in [1.165, 1.54) is 6.07 Å². The predicted molar refractivity (Wildman–Crippen MR) is 81.7 cm³/mol. The second-order valence-corrected chi connectivity index (χ2v) is 5.69. The molecule has 1 aromatic carbocycles. The maximum Gasteiger partial charge on any atom is 0.151 e. The van der Waals surface area contributed by atoms with E-state index >= 15 is 0 Å². The molecule has 0 aliphatic rings. The summed E-state index contributed by atoms with van der Waals surface area (Å²) in [5, 5.41) is 4.47. The lowest BCUT2D eigenvalue weighted by Crippen LogP contribution is -1.96. The molecule has 1 N–H and O–H groups in total. The maximum absolute atomic E-state index is 6.03. The lowest BCUT2D eigenvalue weighted by atomic mass is 10.3. The van der Waals surface area contributed by atoms with Crippen LogP contribution < -0.4 is 5.32 Å². The molecule has 0 atom stereocenters. The number of anilines is 2. The summed E-state index contributed by atoms with van der Waals surface area (Å²) < 4.78 is 0.718. The van der Waals surface area contributed by atoms with Gasteiger partial charge in [0, 0.05) is 0 Å². The molecular formula is C11H5BrCl4N2. The number of rotatable bonds is 2. The van der Waals surface area contributed by atoms with Crippen molar-refractivity contribution in [2.45, 2.75) is 0 Å². The molecule has 0 bridgehead atoms. The van der Waals surface area contributed by atoms with Crippen molar-refractivity contribution in [3.8, 4) is 0 Å². The van der Waals surface area contributed by atoms with Gasteiger partial charge in [-0.2, -0.15) is 0 Å². The minimum atomic E-state index is 0.182. The number of hydrogen-bond donors (Lipinski definition) is 1. The van der Waals surface area contributed by atoms with Gasteiger partial charge in [-0.1, -0.05) is 52.5 Å². The van der Waals surface area contributed by atoms with Gasteiger partial charge in [0.2, 0.25) is 0 Å². The lowest BCUT2D eigenvalue weighted by molar-refractivity contribution is 1.30. The van der Waals surface area contributed by atoms with Crippen LogP contribution in [-0.4, -0.2) is 4.98 Å². The number of aromatic nitrogens is 1. The summed E-state index contributed by atoms with van der Waals surface area (Å²) >= 11 is 27.0. The van der Waals surface area contributed by atoms with Crippen LogP contribution in [0.1, 0.15) is 0 Å². The minimum absolute atomic E-state index is 0.182. The van der Waals surface area contributed by atoms with Crippen molar-refractivity contribution in [2.75, 3.05) is 5.32 Å². The Kier molecular flexibility index (Phi) is 4.62. The first kappa shape index (κ1) is 14.2. The Hall–Kier alpha value is -0.190.